The lowest BCUT2D eigenvalue weighted by atomic mass is 9.74. The molecule has 1 aliphatic carbocycles. The van der Waals surface area contributed by atoms with E-state index in [0.717, 1.165) is 55.7 Å². The molecule has 3 heterocycles. The number of nitrogens with one attached hydrogen (secondary N) is 1. The topological polar surface area (TPSA) is 65.5 Å². The van der Waals surface area contributed by atoms with Gasteiger partial charge in [0.2, 0.25) is 6.79 Å². The second-order valence-electron chi connectivity index (χ2n) is 7.39. The van der Waals surface area contributed by atoms with Crippen LogP contribution in [0.3, 0.4) is 0 Å². The molecule has 0 radical (unpaired) electrons. The van der Waals surface area contributed by atoms with Crippen molar-refractivity contribution in [2.24, 2.45) is 0 Å². The summed E-state index contributed by atoms with van der Waals surface area (Å²) in [6, 6.07) is 8.27. The summed E-state index contributed by atoms with van der Waals surface area (Å²) < 4.78 is 16.7. The molecule has 26 heavy (non-hydrogen) atoms. The van der Waals surface area contributed by atoms with Crippen LogP contribution in [-0.4, -0.2) is 36.5 Å². The van der Waals surface area contributed by atoms with E-state index in [0.29, 0.717) is 12.7 Å². The molecular formula is C20H23N3O3. The number of hydrogen-bond donors (Lipinski definition) is 1. The molecule has 1 saturated carbocycles. The Kier molecular flexibility index (Phi) is 3.93. The average Bonchev–Trinajstić information content (AvgIpc) is 3.44. The third kappa shape index (κ3) is 2.98. The van der Waals surface area contributed by atoms with Gasteiger partial charge in [-0.25, -0.2) is 9.97 Å². The number of fused-ring (bicyclic) bond motifs is 1. The van der Waals surface area contributed by atoms with Crippen molar-refractivity contribution in [1.29, 1.82) is 0 Å². The van der Waals surface area contributed by atoms with Crippen molar-refractivity contribution in [3.8, 4) is 11.5 Å². The first-order valence-corrected chi connectivity index (χ1v) is 9.37. The van der Waals surface area contributed by atoms with Crippen LogP contribution < -0.4 is 14.8 Å². The van der Waals surface area contributed by atoms with Crippen molar-refractivity contribution < 1.29 is 14.2 Å². The van der Waals surface area contributed by atoms with Crippen LogP contribution in [0, 0.1) is 0 Å². The molecule has 1 saturated heterocycles. The Morgan fingerprint density at radius 2 is 1.92 bits per heavy atom. The SMILES string of the molecule is c1cc(NCC2(c3ccc4c(c3)OCO4)CCOCC2)nc(C2CC2)n1. The fourth-order valence-electron chi connectivity index (χ4n) is 3.83. The standard InChI is InChI=1S/C20H23N3O3/c1-2-14(1)19-21-8-5-18(23-19)22-12-20(6-9-24-10-7-20)15-3-4-16-17(11-15)26-13-25-16/h3-5,8,11,14H,1-2,6-7,9-10,12-13H2,(H,21,22,23). The van der Waals surface area contributed by atoms with E-state index in [4.69, 9.17) is 19.2 Å². The number of nitrogens with zero attached hydrogens (tertiary/aromatic N) is 2. The highest BCUT2D eigenvalue weighted by molar-refractivity contribution is 5.47. The van der Waals surface area contributed by atoms with Gasteiger partial charge in [-0.1, -0.05) is 6.07 Å². The molecule has 0 atom stereocenters. The number of benzene rings is 1. The zero-order valence-corrected chi connectivity index (χ0v) is 14.7. The van der Waals surface area contributed by atoms with Crippen LogP contribution in [0.25, 0.3) is 0 Å². The minimum Gasteiger partial charge on any atom is -0.454 e. The molecule has 2 fully saturated rings. The molecule has 1 N–H and O–H groups in total. The van der Waals surface area contributed by atoms with Crippen LogP contribution in [0.15, 0.2) is 30.5 Å². The normalized spacial score (nSPS) is 20.8. The van der Waals surface area contributed by atoms with Gasteiger partial charge in [0.05, 0.1) is 0 Å². The highest BCUT2D eigenvalue weighted by Crippen LogP contribution is 2.41. The van der Waals surface area contributed by atoms with Gasteiger partial charge in [-0.05, 0) is 49.4 Å². The van der Waals surface area contributed by atoms with Crippen molar-refractivity contribution in [2.45, 2.75) is 37.0 Å². The molecule has 3 aliphatic rings. The number of aromatic nitrogens is 2. The molecule has 0 bridgehead atoms. The van der Waals surface area contributed by atoms with E-state index in [-0.39, 0.29) is 5.41 Å². The first-order valence-electron chi connectivity index (χ1n) is 9.37. The number of anilines is 1. The quantitative estimate of drug-likeness (QED) is 0.890. The van der Waals surface area contributed by atoms with Crippen LogP contribution >= 0.6 is 0 Å². The van der Waals surface area contributed by atoms with Crippen LogP contribution in [0.4, 0.5) is 5.82 Å². The van der Waals surface area contributed by atoms with Crippen molar-refractivity contribution in [1.82, 2.24) is 9.97 Å². The molecule has 0 unspecified atom stereocenters. The highest BCUT2D eigenvalue weighted by Gasteiger charge is 2.36. The van der Waals surface area contributed by atoms with Crippen LogP contribution in [0.1, 0.15) is 43.0 Å². The Morgan fingerprint density at radius 1 is 1.08 bits per heavy atom. The Balaban J connectivity index is 1.39. The maximum atomic E-state index is 5.64. The number of rotatable bonds is 5. The zero-order valence-electron chi connectivity index (χ0n) is 14.7. The predicted molar refractivity (Wildman–Crippen MR) is 96.8 cm³/mol. The van der Waals surface area contributed by atoms with Crippen molar-refractivity contribution in [3.63, 3.8) is 0 Å². The van der Waals surface area contributed by atoms with Gasteiger partial charge in [0.1, 0.15) is 11.6 Å². The Bertz CT molecular complexity index is 801. The number of ether oxygens (including phenoxy) is 3. The average molecular weight is 353 g/mol. The molecule has 1 aromatic heterocycles. The molecule has 136 valence electrons. The first kappa shape index (κ1) is 15.9. The van der Waals surface area contributed by atoms with Crippen LogP contribution in [-0.2, 0) is 10.2 Å². The Morgan fingerprint density at radius 3 is 2.77 bits per heavy atom. The fourth-order valence-corrected chi connectivity index (χ4v) is 3.83. The third-order valence-electron chi connectivity index (χ3n) is 5.66. The summed E-state index contributed by atoms with van der Waals surface area (Å²) in [4.78, 5) is 9.11. The smallest absolute Gasteiger partial charge is 0.231 e. The molecule has 6 heteroatoms. The highest BCUT2D eigenvalue weighted by atomic mass is 16.7. The molecule has 0 amide bonds. The summed E-state index contributed by atoms with van der Waals surface area (Å²) >= 11 is 0. The lowest BCUT2D eigenvalue weighted by molar-refractivity contribution is 0.0543. The zero-order chi connectivity index (χ0) is 17.4. The van der Waals surface area contributed by atoms with E-state index in [2.05, 4.69) is 22.4 Å². The molecule has 6 nitrogen and oxygen atoms in total. The predicted octanol–water partition coefficient (Wildman–Crippen LogP) is 3.24. The summed E-state index contributed by atoms with van der Waals surface area (Å²) in [6.45, 7) is 2.66. The number of hydrogen-bond acceptors (Lipinski definition) is 6. The van der Waals surface area contributed by atoms with E-state index in [9.17, 15) is 0 Å². The molecule has 1 aromatic carbocycles. The molecular weight excluding hydrogens is 330 g/mol. The van der Waals surface area contributed by atoms with E-state index < -0.39 is 0 Å². The van der Waals surface area contributed by atoms with Gasteiger partial charge in [0.15, 0.2) is 11.5 Å². The monoisotopic (exact) mass is 353 g/mol. The fraction of sp³-hybridized carbons (Fsp3) is 0.500. The summed E-state index contributed by atoms with van der Waals surface area (Å²) in [5, 5.41) is 3.57. The molecule has 0 spiro atoms. The van der Waals surface area contributed by atoms with Crippen LogP contribution in [0.2, 0.25) is 0 Å². The van der Waals surface area contributed by atoms with Gasteiger partial charge in [0.25, 0.3) is 0 Å². The molecule has 5 rings (SSSR count). The second-order valence-corrected chi connectivity index (χ2v) is 7.39. The van der Waals surface area contributed by atoms with Gasteiger partial charge in [-0.3, -0.25) is 0 Å². The Hall–Kier alpha value is -2.34. The summed E-state index contributed by atoms with van der Waals surface area (Å²) in [5.41, 5.74) is 1.28. The van der Waals surface area contributed by atoms with Gasteiger partial charge < -0.3 is 19.5 Å². The Labute approximate surface area is 152 Å². The van der Waals surface area contributed by atoms with Crippen molar-refractivity contribution in [3.05, 3.63) is 41.9 Å². The second kappa shape index (κ2) is 6.43. The van der Waals surface area contributed by atoms with E-state index in [1.54, 1.807) is 0 Å². The third-order valence-corrected chi connectivity index (χ3v) is 5.66. The lowest BCUT2D eigenvalue weighted by Crippen LogP contribution is -2.40. The van der Waals surface area contributed by atoms with Gasteiger partial charge in [-0.15, -0.1) is 0 Å². The maximum Gasteiger partial charge on any atom is 0.231 e. The lowest BCUT2D eigenvalue weighted by Gasteiger charge is -2.38. The van der Waals surface area contributed by atoms with Crippen molar-refractivity contribution in [2.75, 3.05) is 31.9 Å². The minimum absolute atomic E-state index is 0.00389. The first-order chi connectivity index (χ1) is 12.8. The minimum atomic E-state index is 0.00389. The van der Waals surface area contributed by atoms with E-state index >= 15 is 0 Å². The van der Waals surface area contributed by atoms with E-state index in [1.807, 2.05) is 18.3 Å². The van der Waals surface area contributed by atoms with Gasteiger partial charge in [0, 0.05) is 37.3 Å². The largest absolute Gasteiger partial charge is 0.454 e. The molecule has 2 aromatic rings. The summed E-state index contributed by atoms with van der Waals surface area (Å²) in [6.07, 6.45) is 6.23. The summed E-state index contributed by atoms with van der Waals surface area (Å²) in [7, 11) is 0. The van der Waals surface area contributed by atoms with E-state index in [1.165, 1.54) is 18.4 Å². The van der Waals surface area contributed by atoms with Crippen molar-refractivity contribution >= 4 is 5.82 Å². The van der Waals surface area contributed by atoms with Crippen LogP contribution in [0.5, 0.6) is 11.5 Å². The maximum absolute atomic E-state index is 5.64. The molecule has 2 aliphatic heterocycles. The van der Waals surface area contributed by atoms with Gasteiger partial charge in [-0.2, -0.15) is 0 Å². The van der Waals surface area contributed by atoms with Gasteiger partial charge >= 0.3 is 0 Å². The summed E-state index contributed by atoms with van der Waals surface area (Å²) in [5.74, 6) is 4.11.